The zero-order chi connectivity index (χ0) is 18.8. The Morgan fingerprint density at radius 2 is 2.15 bits per heavy atom. The van der Waals surface area contributed by atoms with Crippen LogP contribution in [0, 0.1) is 0 Å². The van der Waals surface area contributed by atoms with E-state index in [9.17, 15) is 4.79 Å². The van der Waals surface area contributed by atoms with Crippen LogP contribution in [0.15, 0.2) is 36.4 Å². The second kappa shape index (κ2) is 7.36. The predicted octanol–water partition coefficient (Wildman–Crippen LogP) is 2.62. The van der Waals surface area contributed by atoms with Crippen molar-refractivity contribution in [3.05, 3.63) is 42.1 Å². The number of hydrogen-bond acceptors (Lipinski definition) is 5. The number of nitrogens with one attached hydrogen (secondary N) is 1. The number of aromatic nitrogens is 3. The summed E-state index contributed by atoms with van der Waals surface area (Å²) in [5.74, 6) is 1.06. The van der Waals surface area contributed by atoms with Crippen LogP contribution in [0.2, 0.25) is 0 Å². The van der Waals surface area contributed by atoms with Crippen LogP contribution in [0.5, 0.6) is 0 Å². The van der Waals surface area contributed by atoms with Crippen LogP contribution in [-0.4, -0.2) is 40.1 Å². The lowest BCUT2D eigenvalue weighted by molar-refractivity contribution is -0.119. The molecule has 1 atom stereocenters. The fourth-order valence-electron chi connectivity index (χ4n) is 3.59. The van der Waals surface area contributed by atoms with E-state index >= 15 is 0 Å². The average Bonchev–Trinajstić information content (AvgIpc) is 3.33. The third-order valence-corrected chi connectivity index (χ3v) is 4.87. The van der Waals surface area contributed by atoms with Crippen LogP contribution in [0.1, 0.15) is 25.5 Å². The molecule has 0 bridgehead atoms. The minimum absolute atomic E-state index is 0.314. The number of primary amides is 1. The van der Waals surface area contributed by atoms with Gasteiger partial charge in [0.25, 0.3) is 0 Å². The Morgan fingerprint density at radius 3 is 2.89 bits per heavy atom. The number of benzene rings is 1. The summed E-state index contributed by atoms with van der Waals surface area (Å²) in [6, 6.07) is 11.5. The maximum absolute atomic E-state index is 11.9. The van der Waals surface area contributed by atoms with E-state index in [0.717, 1.165) is 47.5 Å². The normalized spacial score (nSPS) is 16.9. The van der Waals surface area contributed by atoms with E-state index in [4.69, 9.17) is 20.4 Å². The van der Waals surface area contributed by atoms with Crippen LogP contribution in [0.4, 0.5) is 5.82 Å². The van der Waals surface area contributed by atoms with Gasteiger partial charge in [0.1, 0.15) is 17.5 Å². The van der Waals surface area contributed by atoms with E-state index < -0.39 is 0 Å². The molecule has 3 N–H and O–H groups in total. The standard InChI is InChI=1S/C20H23N5O2/c1-2-27-12-14-11-15-19(22-14)23-18(13-7-4-3-5-8-13)24-20(15)25-10-6-9-16(25)17(21)26/h3-5,7-8,11,16H,2,6,9-10,12H2,1H3,(H2,21,26)(H,22,23,24)/t16-/m0/s1. The largest absolute Gasteiger partial charge is 0.376 e. The first-order valence-electron chi connectivity index (χ1n) is 9.26. The summed E-state index contributed by atoms with van der Waals surface area (Å²) in [6.07, 6.45) is 1.66. The molecule has 0 aliphatic carbocycles. The molecule has 1 fully saturated rings. The molecule has 7 heteroatoms. The van der Waals surface area contributed by atoms with E-state index in [1.165, 1.54) is 0 Å². The number of nitrogens with two attached hydrogens (primary N) is 1. The highest BCUT2D eigenvalue weighted by Gasteiger charge is 2.32. The molecule has 4 rings (SSSR count). The van der Waals surface area contributed by atoms with Gasteiger partial charge in [-0.3, -0.25) is 4.79 Å². The summed E-state index contributed by atoms with van der Waals surface area (Å²) in [4.78, 5) is 26.8. The third-order valence-electron chi connectivity index (χ3n) is 4.87. The molecule has 7 nitrogen and oxygen atoms in total. The summed E-state index contributed by atoms with van der Waals surface area (Å²) < 4.78 is 5.52. The molecule has 1 saturated heterocycles. The number of rotatable bonds is 6. The number of ether oxygens (including phenoxy) is 1. The number of H-pyrrole nitrogens is 1. The number of carbonyl (C=O) groups is 1. The van der Waals surface area contributed by atoms with Crippen molar-refractivity contribution in [2.24, 2.45) is 5.73 Å². The monoisotopic (exact) mass is 365 g/mol. The lowest BCUT2D eigenvalue weighted by Crippen LogP contribution is -2.40. The molecule has 0 saturated carbocycles. The van der Waals surface area contributed by atoms with Gasteiger partial charge in [-0.15, -0.1) is 0 Å². The van der Waals surface area contributed by atoms with E-state index in [2.05, 4.69) is 4.98 Å². The lowest BCUT2D eigenvalue weighted by atomic mass is 10.2. The van der Waals surface area contributed by atoms with Gasteiger partial charge in [-0.05, 0) is 25.8 Å². The topological polar surface area (TPSA) is 97.1 Å². The first-order valence-corrected chi connectivity index (χ1v) is 9.26. The molecule has 140 valence electrons. The molecule has 1 aliphatic heterocycles. The van der Waals surface area contributed by atoms with Crippen LogP contribution < -0.4 is 10.6 Å². The summed E-state index contributed by atoms with van der Waals surface area (Å²) in [5, 5.41) is 0.887. The fraction of sp³-hybridized carbons (Fsp3) is 0.350. The van der Waals surface area contributed by atoms with Gasteiger partial charge in [-0.2, -0.15) is 0 Å². The second-order valence-corrected chi connectivity index (χ2v) is 6.68. The first-order chi connectivity index (χ1) is 13.2. The van der Waals surface area contributed by atoms with Crippen LogP contribution in [0.3, 0.4) is 0 Å². The second-order valence-electron chi connectivity index (χ2n) is 6.68. The minimum Gasteiger partial charge on any atom is -0.376 e. The Hall–Kier alpha value is -2.93. The van der Waals surface area contributed by atoms with Gasteiger partial charge < -0.3 is 20.4 Å². The molecule has 1 aromatic carbocycles. The molecule has 27 heavy (non-hydrogen) atoms. The zero-order valence-electron chi connectivity index (χ0n) is 15.3. The molecular formula is C20H23N5O2. The van der Waals surface area contributed by atoms with Crippen molar-refractivity contribution < 1.29 is 9.53 Å². The van der Waals surface area contributed by atoms with Gasteiger partial charge in [0.2, 0.25) is 5.91 Å². The van der Waals surface area contributed by atoms with E-state index in [-0.39, 0.29) is 11.9 Å². The summed E-state index contributed by atoms with van der Waals surface area (Å²) in [7, 11) is 0. The van der Waals surface area contributed by atoms with Crippen molar-refractivity contribution in [2.75, 3.05) is 18.1 Å². The van der Waals surface area contributed by atoms with Crippen LogP contribution in [-0.2, 0) is 16.1 Å². The smallest absolute Gasteiger partial charge is 0.240 e. The summed E-state index contributed by atoms with van der Waals surface area (Å²) in [6.45, 7) is 3.83. The van der Waals surface area contributed by atoms with Gasteiger partial charge in [0.15, 0.2) is 5.82 Å². The van der Waals surface area contributed by atoms with Crippen molar-refractivity contribution in [1.29, 1.82) is 0 Å². The Balaban J connectivity index is 1.86. The predicted molar refractivity (Wildman–Crippen MR) is 104 cm³/mol. The van der Waals surface area contributed by atoms with Crippen molar-refractivity contribution in [1.82, 2.24) is 15.0 Å². The molecule has 1 amide bonds. The molecule has 2 aromatic heterocycles. The van der Waals surface area contributed by atoms with E-state index in [1.54, 1.807) is 0 Å². The maximum atomic E-state index is 11.9. The molecular weight excluding hydrogens is 342 g/mol. The molecule has 3 aromatic rings. The van der Waals surface area contributed by atoms with Crippen molar-refractivity contribution in [2.45, 2.75) is 32.4 Å². The van der Waals surface area contributed by atoms with Crippen LogP contribution >= 0.6 is 0 Å². The van der Waals surface area contributed by atoms with E-state index in [1.807, 2.05) is 48.2 Å². The number of nitrogens with zero attached hydrogens (tertiary/aromatic N) is 3. The molecule has 0 unspecified atom stereocenters. The number of carbonyl (C=O) groups excluding carboxylic acids is 1. The SMILES string of the molecule is CCOCc1cc2c(N3CCC[C@H]3C(N)=O)nc(-c3ccccc3)nc2[nH]1. The Labute approximate surface area is 157 Å². The van der Waals surface area contributed by atoms with Crippen molar-refractivity contribution in [3.63, 3.8) is 0 Å². The first kappa shape index (κ1) is 17.5. The molecule has 0 spiro atoms. The highest BCUT2D eigenvalue weighted by atomic mass is 16.5. The third kappa shape index (κ3) is 3.38. The van der Waals surface area contributed by atoms with E-state index in [0.29, 0.717) is 19.0 Å². The zero-order valence-corrected chi connectivity index (χ0v) is 15.3. The number of anilines is 1. The molecule has 1 aliphatic rings. The van der Waals surface area contributed by atoms with Gasteiger partial charge in [-0.25, -0.2) is 9.97 Å². The van der Waals surface area contributed by atoms with Crippen LogP contribution in [0.25, 0.3) is 22.4 Å². The van der Waals surface area contributed by atoms with Gasteiger partial charge in [-0.1, -0.05) is 30.3 Å². The summed E-state index contributed by atoms with van der Waals surface area (Å²) in [5.41, 5.74) is 8.24. The number of hydrogen-bond donors (Lipinski definition) is 2. The fourth-order valence-corrected chi connectivity index (χ4v) is 3.59. The van der Waals surface area contributed by atoms with Gasteiger partial charge in [0.05, 0.1) is 12.0 Å². The Kier molecular flexibility index (Phi) is 4.77. The van der Waals surface area contributed by atoms with Gasteiger partial charge >= 0.3 is 0 Å². The number of amides is 1. The lowest BCUT2D eigenvalue weighted by Gasteiger charge is -2.24. The minimum atomic E-state index is -0.336. The highest BCUT2D eigenvalue weighted by Crippen LogP contribution is 2.32. The number of aromatic amines is 1. The highest BCUT2D eigenvalue weighted by molar-refractivity contribution is 5.93. The number of fused-ring (bicyclic) bond motifs is 1. The summed E-state index contributed by atoms with van der Waals surface area (Å²) >= 11 is 0. The average molecular weight is 365 g/mol. The Bertz CT molecular complexity index is 954. The van der Waals surface area contributed by atoms with Crippen molar-refractivity contribution >= 4 is 22.8 Å². The van der Waals surface area contributed by atoms with Crippen molar-refractivity contribution in [3.8, 4) is 11.4 Å². The Morgan fingerprint density at radius 1 is 1.33 bits per heavy atom. The molecule has 0 radical (unpaired) electrons. The molecule has 3 heterocycles. The maximum Gasteiger partial charge on any atom is 0.240 e. The quantitative estimate of drug-likeness (QED) is 0.700. The van der Waals surface area contributed by atoms with Gasteiger partial charge in [0, 0.05) is 24.4 Å².